The van der Waals surface area contributed by atoms with Gasteiger partial charge < -0.3 is 4.57 Å². The van der Waals surface area contributed by atoms with E-state index < -0.39 is 0 Å². The Morgan fingerprint density at radius 3 is 1.53 bits per heavy atom. The summed E-state index contributed by atoms with van der Waals surface area (Å²) in [6.45, 7) is 0. The fourth-order valence-electron chi connectivity index (χ4n) is 10.2. The number of nitrogens with one attached hydrogen (secondary N) is 2. The van der Waals surface area contributed by atoms with Crippen LogP contribution in [0.15, 0.2) is 218 Å². The van der Waals surface area contributed by atoms with E-state index in [0.29, 0.717) is 0 Å². The number of fused-ring (bicyclic) bond motifs is 10. The van der Waals surface area contributed by atoms with Gasteiger partial charge >= 0.3 is 0 Å². The summed E-state index contributed by atoms with van der Waals surface area (Å²) in [6.07, 6.45) is -0.0987. The average Bonchev–Trinajstić information content (AvgIpc) is 3.70. The van der Waals surface area contributed by atoms with Gasteiger partial charge in [-0.2, -0.15) is 0 Å². The lowest BCUT2D eigenvalue weighted by Gasteiger charge is -2.45. The Bertz CT molecular complexity index is 3410. The third-order valence-electron chi connectivity index (χ3n) is 13.1. The lowest BCUT2D eigenvalue weighted by Crippen LogP contribution is -2.54. The third-order valence-corrected chi connectivity index (χ3v) is 13.1. The third kappa shape index (κ3) is 5.95. The van der Waals surface area contributed by atoms with E-state index >= 15 is 0 Å². The summed E-state index contributed by atoms with van der Waals surface area (Å²) in [5.74, 6) is 0. The lowest BCUT2D eigenvalue weighted by molar-refractivity contribution is 0.0416. The van der Waals surface area contributed by atoms with E-state index in [2.05, 4.69) is 246 Å². The van der Waals surface area contributed by atoms with Crippen molar-refractivity contribution in [2.75, 3.05) is 7.05 Å². The zero-order valence-electron chi connectivity index (χ0n) is 34.4. The fraction of sp³-hybridized carbons (Fsp3) is 0.0690. The zero-order chi connectivity index (χ0) is 41.1. The predicted octanol–water partition coefficient (Wildman–Crippen LogP) is 14.1. The van der Waals surface area contributed by atoms with E-state index in [4.69, 9.17) is 0 Å². The molecule has 0 aliphatic carbocycles. The molecule has 3 atom stereocenters. The van der Waals surface area contributed by atoms with Crippen LogP contribution in [0.3, 0.4) is 0 Å². The van der Waals surface area contributed by atoms with Crippen LogP contribution in [0.1, 0.15) is 35.2 Å². The van der Waals surface area contributed by atoms with Gasteiger partial charge in [-0.15, -0.1) is 0 Å². The number of nitrogens with zero attached hydrogens (tertiary/aromatic N) is 2. The van der Waals surface area contributed by atoms with Crippen molar-refractivity contribution in [1.82, 2.24) is 20.1 Å². The van der Waals surface area contributed by atoms with Crippen LogP contribution >= 0.6 is 0 Å². The van der Waals surface area contributed by atoms with E-state index in [1.165, 1.54) is 98.8 Å². The molecule has 4 nitrogen and oxygen atoms in total. The van der Waals surface area contributed by atoms with E-state index in [-0.39, 0.29) is 18.5 Å². The van der Waals surface area contributed by atoms with Gasteiger partial charge in [0, 0.05) is 27.2 Å². The molecule has 296 valence electrons. The summed E-state index contributed by atoms with van der Waals surface area (Å²) in [5, 5.41) is 18.1. The first-order chi connectivity index (χ1) is 30.7. The molecule has 0 spiro atoms. The molecular formula is C58H44N4. The van der Waals surface area contributed by atoms with Gasteiger partial charge in [-0.3, -0.25) is 15.5 Å². The number of hydrogen-bond acceptors (Lipinski definition) is 3. The molecule has 1 aliphatic rings. The molecular weight excluding hydrogens is 753 g/mol. The SMILES string of the molecule is CN1C(c2ccc(-c3ccccc3)cc2)NC(c2ccccc2)NC1c1ccc(-c2cc3c4ccccc4c4c(c5ccccc5n4-c4ccccc4)c3c3ccccc23)cc1. The molecule has 1 aromatic heterocycles. The van der Waals surface area contributed by atoms with Crippen molar-refractivity contribution in [2.24, 2.45) is 0 Å². The largest absolute Gasteiger partial charge is 0.309 e. The summed E-state index contributed by atoms with van der Waals surface area (Å²) < 4.78 is 2.46. The van der Waals surface area contributed by atoms with Crippen LogP contribution in [-0.4, -0.2) is 16.5 Å². The summed E-state index contributed by atoms with van der Waals surface area (Å²) >= 11 is 0. The fourth-order valence-corrected chi connectivity index (χ4v) is 10.2. The molecule has 11 aromatic rings. The van der Waals surface area contributed by atoms with Gasteiger partial charge in [0.15, 0.2) is 0 Å². The van der Waals surface area contributed by atoms with E-state index in [9.17, 15) is 0 Å². The van der Waals surface area contributed by atoms with Gasteiger partial charge in [0.25, 0.3) is 0 Å². The number of hydrogen-bond donors (Lipinski definition) is 2. The van der Waals surface area contributed by atoms with E-state index in [0.717, 1.165) is 0 Å². The monoisotopic (exact) mass is 796 g/mol. The Hall–Kier alpha value is -7.34. The molecule has 2 heterocycles. The van der Waals surface area contributed by atoms with Crippen molar-refractivity contribution in [3.05, 3.63) is 235 Å². The molecule has 1 fully saturated rings. The van der Waals surface area contributed by atoms with Crippen molar-refractivity contribution in [1.29, 1.82) is 0 Å². The second kappa shape index (κ2) is 15.0. The maximum Gasteiger partial charge on any atom is 0.0887 e. The van der Waals surface area contributed by atoms with E-state index in [1.54, 1.807) is 0 Å². The molecule has 0 bridgehead atoms. The first-order valence-electron chi connectivity index (χ1n) is 21.6. The standard InChI is InChI=1S/C58H44N4/c1-61-57(42-33-29-39(30-34-42)38-17-5-2-6-18-38)59-56(41-19-7-3-8-20-41)60-58(61)43-35-31-40(32-36-43)50-37-51-46-24-12-14-26-48(46)55-54(53(51)47-25-13-11-23-45(47)50)49-27-15-16-28-52(49)62(55)44-21-9-4-10-22-44/h2-37,56-60H,1H3. The molecule has 4 heteroatoms. The molecule has 0 radical (unpaired) electrons. The van der Waals surface area contributed by atoms with Crippen molar-refractivity contribution in [2.45, 2.75) is 18.5 Å². The van der Waals surface area contributed by atoms with Gasteiger partial charge in [-0.05, 0) is 91.8 Å². The van der Waals surface area contributed by atoms with Gasteiger partial charge in [0.05, 0.1) is 29.5 Å². The molecule has 1 aliphatic heterocycles. The molecule has 0 amide bonds. The van der Waals surface area contributed by atoms with Crippen molar-refractivity contribution < 1.29 is 0 Å². The maximum atomic E-state index is 3.96. The first kappa shape index (κ1) is 36.5. The van der Waals surface area contributed by atoms with Crippen LogP contribution in [0.25, 0.3) is 82.1 Å². The van der Waals surface area contributed by atoms with Crippen molar-refractivity contribution in [3.63, 3.8) is 0 Å². The highest BCUT2D eigenvalue weighted by Gasteiger charge is 2.35. The van der Waals surface area contributed by atoms with Crippen LogP contribution in [0.4, 0.5) is 0 Å². The summed E-state index contributed by atoms with van der Waals surface area (Å²) in [7, 11) is 2.22. The molecule has 12 rings (SSSR count). The summed E-state index contributed by atoms with van der Waals surface area (Å²) in [4.78, 5) is 2.42. The van der Waals surface area contributed by atoms with Gasteiger partial charge in [-0.1, -0.05) is 194 Å². The molecule has 0 saturated carbocycles. The Balaban J connectivity index is 0.991. The van der Waals surface area contributed by atoms with Gasteiger partial charge in [0.2, 0.25) is 0 Å². The quantitative estimate of drug-likeness (QED) is 0.164. The zero-order valence-corrected chi connectivity index (χ0v) is 34.4. The number of rotatable bonds is 6. The number of aromatic nitrogens is 1. The second-order valence-electron chi connectivity index (χ2n) is 16.6. The van der Waals surface area contributed by atoms with Crippen LogP contribution < -0.4 is 10.6 Å². The van der Waals surface area contributed by atoms with Gasteiger partial charge in [0.1, 0.15) is 0 Å². The van der Waals surface area contributed by atoms with Crippen LogP contribution in [-0.2, 0) is 0 Å². The highest BCUT2D eigenvalue weighted by atomic mass is 15.4. The van der Waals surface area contributed by atoms with Crippen molar-refractivity contribution in [3.8, 4) is 27.9 Å². The Kier molecular flexibility index (Phi) is 8.82. The molecule has 2 N–H and O–H groups in total. The minimum atomic E-state index is -0.0433. The predicted molar refractivity (Wildman–Crippen MR) is 259 cm³/mol. The topological polar surface area (TPSA) is 32.2 Å². The highest BCUT2D eigenvalue weighted by Crippen LogP contribution is 2.47. The average molecular weight is 797 g/mol. The Morgan fingerprint density at radius 2 is 0.871 bits per heavy atom. The summed E-state index contributed by atoms with van der Waals surface area (Å²) in [6, 6.07) is 79.8. The van der Waals surface area contributed by atoms with Crippen LogP contribution in [0.2, 0.25) is 0 Å². The number of benzene rings is 10. The normalized spacial score (nSPS) is 17.1. The molecule has 3 unspecified atom stereocenters. The van der Waals surface area contributed by atoms with E-state index in [1.807, 2.05) is 0 Å². The maximum absolute atomic E-state index is 3.96. The highest BCUT2D eigenvalue weighted by molar-refractivity contribution is 6.38. The molecule has 10 aromatic carbocycles. The lowest BCUT2D eigenvalue weighted by atomic mass is 9.88. The molecule has 62 heavy (non-hydrogen) atoms. The first-order valence-corrected chi connectivity index (χ1v) is 21.6. The number of para-hydroxylation sites is 2. The summed E-state index contributed by atoms with van der Waals surface area (Å²) in [5.41, 5.74) is 12.2. The Morgan fingerprint density at radius 1 is 0.371 bits per heavy atom. The van der Waals surface area contributed by atoms with Crippen LogP contribution in [0, 0.1) is 0 Å². The minimum Gasteiger partial charge on any atom is -0.309 e. The smallest absolute Gasteiger partial charge is 0.0887 e. The van der Waals surface area contributed by atoms with Crippen molar-refractivity contribution >= 4 is 54.1 Å². The van der Waals surface area contributed by atoms with Gasteiger partial charge in [-0.25, -0.2) is 0 Å². The molecule has 1 saturated heterocycles. The Labute approximate surface area is 361 Å². The minimum absolute atomic E-state index is 0.0154. The van der Waals surface area contributed by atoms with Crippen LogP contribution in [0.5, 0.6) is 0 Å². The second-order valence-corrected chi connectivity index (χ2v) is 16.6.